The van der Waals surface area contributed by atoms with Gasteiger partial charge in [0.1, 0.15) is 0 Å². The third kappa shape index (κ3) is 1.58. The molecule has 0 aromatic heterocycles. The molecule has 3 atom stereocenters. The summed E-state index contributed by atoms with van der Waals surface area (Å²) in [6, 6.07) is 9.17. The Labute approximate surface area is 103 Å². The van der Waals surface area contributed by atoms with Gasteiger partial charge in [-0.1, -0.05) is 31.2 Å². The highest BCUT2D eigenvalue weighted by Crippen LogP contribution is 2.41. The summed E-state index contributed by atoms with van der Waals surface area (Å²) in [5, 5.41) is 0. The highest BCUT2D eigenvalue weighted by atomic mass is 16.2. The van der Waals surface area contributed by atoms with Crippen molar-refractivity contribution < 1.29 is 4.79 Å². The van der Waals surface area contributed by atoms with Crippen LogP contribution in [0.1, 0.15) is 36.8 Å². The fourth-order valence-corrected chi connectivity index (χ4v) is 3.58. The maximum absolute atomic E-state index is 12.0. The summed E-state index contributed by atoms with van der Waals surface area (Å²) in [5.41, 5.74) is 2.97. The summed E-state index contributed by atoms with van der Waals surface area (Å²) in [7, 11) is 1.98. The minimum absolute atomic E-state index is 0.174. The van der Waals surface area contributed by atoms with Crippen molar-refractivity contribution in [2.45, 2.75) is 38.1 Å². The molecule has 1 fully saturated rings. The average molecular weight is 229 g/mol. The molecule has 1 saturated heterocycles. The van der Waals surface area contributed by atoms with Gasteiger partial charge in [0.15, 0.2) is 0 Å². The van der Waals surface area contributed by atoms with E-state index >= 15 is 0 Å². The monoisotopic (exact) mass is 229 g/mol. The molecule has 1 aliphatic carbocycles. The van der Waals surface area contributed by atoms with Crippen LogP contribution in [0.15, 0.2) is 24.3 Å². The molecule has 2 heteroatoms. The zero-order valence-electron chi connectivity index (χ0n) is 10.5. The number of hydrogen-bond acceptors (Lipinski definition) is 1. The Hall–Kier alpha value is -1.31. The molecule has 3 unspecified atom stereocenters. The predicted octanol–water partition coefficient (Wildman–Crippen LogP) is 2.58. The van der Waals surface area contributed by atoms with Gasteiger partial charge in [0, 0.05) is 24.9 Å². The first kappa shape index (κ1) is 10.8. The smallest absolute Gasteiger partial charge is 0.225 e. The molecule has 0 radical (unpaired) electrons. The van der Waals surface area contributed by atoms with Gasteiger partial charge in [-0.2, -0.15) is 0 Å². The van der Waals surface area contributed by atoms with E-state index in [4.69, 9.17) is 0 Å². The minimum Gasteiger partial charge on any atom is -0.342 e. The van der Waals surface area contributed by atoms with Crippen LogP contribution in [-0.2, 0) is 11.2 Å². The highest BCUT2D eigenvalue weighted by molar-refractivity contribution is 5.80. The summed E-state index contributed by atoms with van der Waals surface area (Å²) in [6.45, 7) is 2.06. The number of benzene rings is 1. The topological polar surface area (TPSA) is 20.3 Å². The fourth-order valence-electron chi connectivity index (χ4n) is 3.58. The quantitative estimate of drug-likeness (QED) is 0.669. The predicted molar refractivity (Wildman–Crippen MR) is 67.8 cm³/mol. The first-order chi connectivity index (χ1) is 8.18. The number of nitrogens with zero attached hydrogens (tertiary/aromatic N) is 1. The second kappa shape index (κ2) is 3.86. The zero-order chi connectivity index (χ0) is 12.0. The van der Waals surface area contributed by atoms with Crippen molar-refractivity contribution in [2.24, 2.45) is 5.92 Å². The Kier molecular flexibility index (Phi) is 2.46. The van der Waals surface area contributed by atoms with E-state index in [0.29, 0.717) is 17.9 Å². The van der Waals surface area contributed by atoms with Crippen LogP contribution in [0.2, 0.25) is 0 Å². The van der Waals surface area contributed by atoms with Crippen molar-refractivity contribution in [3.05, 3.63) is 35.4 Å². The van der Waals surface area contributed by atoms with Crippen LogP contribution < -0.4 is 0 Å². The summed E-state index contributed by atoms with van der Waals surface area (Å²) < 4.78 is 0. The maximum Gasteiger partial charge on any atom is 0.225 e. The lowest BCUT2D eigenvalue weighted by molar-refractivity contribution is -0.140. The number of rotatable bonds is 0. The minimum atomic E-state index is 0.174. The van der Waals surface area contributed by atoms with E-state index in [2.05, 4.69) is 31.2 Å². The average Bonchev–Trinajstić information content (AvgIpc) is 2.36. The fraction of sp³-hybridized carbons (Fsp3) is 0.533. The lowest BCUT2D eigenvalue weighted by Crippen LogP contribution is -2.50. The number of likely N-dealkylation sites (N-methyl/N-ethyl adjacent to an activating group) is 1. The summed E-state index contributed by atoms with van der Waals surface area (Å²) in [4.78, 5) is 14.0. The molecule has 2 nitrogen and oxygen atoms in total. The largest absolute Gasteiger partial charge is 0.342 e. The Morgan fingerprint density at radius 3 is 2.88 bits per heavy atom. The summed E-state index contributed by atoms with van der Waals surface area (Å²) in [6.07, 6.45) is 3.25. The third-order valence-electron chi connectivity index (χ3n) is 4.50. The van der Waals surface area contributed by atoms with E-state index in [1.165, 1.54) is 11.1 Å². The lowest BCUT2D eigenvalue weighted by Gasteiger charge is -2.45. The number of piperidine rings is 1. The molecule has 0 saturated carbocycles. The molecular formula is C15H19NO. The van der Waals surface area contributed by atoms with E-state index in [1.807, 2.05) is 11.9 Å². The standard InChI is InChI=1S/C15H19NO/c1-10-9-13-12-6-4-3-5-11(12)7-8-14(13)16(2)15(10)17/h3-6,10,13-14H,7-9H2,1-2H3. The van der Waals surface area contributed by atoms with Gasteiger partial charge < -0.3 is 4.90 Å². The number of amides is 1. The van der Waals surface area contributed by atoms with E-state index in [1.54, 1.807) is 0 Å². The first-order valence-corrected chi connectivity index (χ1v) is 6.53. The SMILES string of the molecule is CC1CC2c3ccccc3CCC2N(C)C1=O. The Balaban J connectivity index is 2.01. The van der Waals surface area contributed by atoms with Gasteiger partial charge >= 0.3 is 0 Å². The Morgan fingerprint density at radius 2 is 2.06 bits per heavy atom. The van der Waals surface area contributed by atoms with Gasteiger partial charge in [0.05, 0.1) is 0 Å². The summed E-state index contributed by atoms with van der Waals surface area (Å²) >= 11 is 0. The van der Waals surface area contributed by atoms with Crippen molar-refractivity contribution in [2.75, 3.05) is 7.05 Å². The van der Waals surface area contributed by atoms with E-state index < -0.39 is 0 Å². The molecular weight excluding hydrogens is 210 g/mol. The lowest BCUT2D eigenvalue weighted by atomic mass is 9.72. The first-order valence-electron chi connectivity index (χ1n) is 6.53. The van der Waals surface area contributed by atoms with Crippen LogP contribution in [0.5, 0.6) is 0 Å². The Morgan fingerprint density at radius 1 is 1.29 bits per heavy atom. The molecule has 3 rings (SSSR count). The van der Waals surface area contributed by atoms with Crippen LogP contribution in [0.4, 0.5) is 0 Å². The van der Waals surface area contributed by atoms with Crippen LogP contribution >= 0.6 is 0 Å². The number of aryl methyl sites for hydroxylation is 1. The van der Waals surface area contributed by atoms with E-state index in [0.717, 1.165) is 19.3 Å². The number of hydrogen-bond donors (Lipinski definition) is 0. The van der Waals surface area contributed by atoms with Crippen LogP contribution in [0, 0.1) is 5.92 Å². The number of fused-ring (bicyclic) bond motifs is 3. The van der Waals surface area contributed by atoms with Gasteiger partial charge in [-0.15, -0.1) is 0 Å². The van der Waals surface area contributed by atoms with E-state index in [9.17, 15) is 4.79 Å². The molecule has 17 heavy (non-hydrogen) atoms. The molecule has 90 valence electrons. The van der Waals surface area contributed by atoms with Crippen molar-refractivity contribution in [3.8, 4) is 0 Å². The second-order valence-corrected chi connectivity index (χ2v) is 5.50. The highest BCUT2D eigenvalue weighted by Gasteiger charge is 2.40. The molecule has 0 N–H and O–H groups in total. The zero-order valence-corrected chi connectivity index (χ0v) is 10.5. The van der Waals surface area contributed by atoms with Crippen molar-refractivity contribution >= 4 is 5.91 Å². The molecule has 1 amide bonds. The van der Waals surface area contributed by atoms with Gasteiger partial charge in [0.2, 0.25) is 5.91 Å². The Bertz CT molecular complexity index is 454. The molecule has 0 spiro atoms. The third-order valence-corrected chi connectivity index (χ3v) is 4.50. The molecule has 0 bridgehead atoms. The van der Waals surface area contributed by atoms with Gasteiger partial charge in [-0.3, -0.25) is 4.79 Å². The second-order valence-electron chi connectivity index (χ2n) is 5.50. The van der Waals surface area contributed by atoms with Crippen LogP contribution in [0.25, 0.3) is 0 Å². The van der Waals surface area contributed by atoms with Crippen molar-refractivity contribution in [3.63, 3.8) is 0 Å². The van der Waals surface area contributed by atoms with Crippen LogP contribution in [0.3, 0.4) is 0 Å². The normalized spacial score (nSPS) is 32.0. The van der Waals surface area contributed by atoms with E-state index in [-0.39, 0.29) is 5.92 Å². The summed E-state index contributed by atoms with van der Waals surface area (Å²) in [5.74, 6) is 1.05. The van der Waals surface area contributed by atoms with Crippen molar-refractivity contribution in [1.82, 2.24) is 4.90 Å². The van der Waals surface area contributed by atoms with Crippen LogP contribution in [-0.4, -0.2) is 23.9 Å². The maximum atomic E-state index is 12.0. The molecule has 1 aromatic rings. The molecule has 1 heterocycles. The van der Waals surface area contributed by atoms with Crippen molar-refractivity contribution in [1.29, 1.82) is 0 Å². The number of likely N-dealkylation sites (tertiary alicyclic amines) is 1. The van der Waals surface area contributed by atoms with Gasteiger partial charge in [0.25, 0.3) is 0 Å². The van der Waals surface area contributed by atoms with Gasteiger partial charge in [-0.25, -0.2) is 0 Å². The molecule has 1 aromatic carbocycles. The van der Waals surface area contributed by atoms with Gasteiger partial charge in [-0.05, 0) is 30.4 Å². The molecule has 1 aliphatic heterocycles. The molecule has 2 aliphatic rings. The number of carbonyl (C=O) groups is 1. The number of carbonyl (C=O) groups excluding carboxylic acids is 1.